The van der Waals surface area contributed by atoms with E-state index in [0.29, 0.717) is 35.0 Å². The van der Waals surface area contributed by atoms with Crippen molar-refractivity contribution in [1.29, 1.82) is 0 Å². The molecule has 3 N–H and O–H groups in total. The van der Waals surface area contributed by atoms with E-state index in [1.165, 1.54) is 0 Å². The number of nitrogens with zero attached hydrogens (tertiary/aromatic N) is 1. The van der Waals surface area contributed by atoms with Crippen LogP contribution in [-0.4, -0.2) is 42.3 Å². The van der Waals surface area contributed by atoms with E-state index in [2.05, 4.69) is 29.8 Å². The Bertz CT molecular complexity index is 919. The lowest BCUT2D eigenvalue weighted by Gasteiger charge is -2.21. The highest BCUT2D eigenvalue weighted by Crippen LogP contribution is 2.16. The minimum absolute atomic E-state index is 0.00683. The zero-order valence-corrected chi connectivity index (χ0v) is 20.1. The Morgan fingerprint density at radius 3 is 1.94 bits per heavy atom. The van der Waals surface area contributed by atoms with Gasteiger partial charge in [-0.2, -0.15) is 0 Å². The lowest BCUT2D eigenvalue weighted by molar-refractivity contribution is -0.117. The normalized spacial score (nSPS) is 10.6. The molecule has 178 valence electrons. The fourth-order valence-corrected chi connectivity index (χ4v) is 3.41. The predicted molar refractivity (Wildman–Crippen MR) is 135 cm³/mol. The van der Waals surface area contributed by atoms with Gasteiger partial charge in [-0.15, -0.1) is 0 Å². The summed E-state index contributed by atoms with van der Waals surface area (Å²) in [5, 5.41) is 8.75. The van der Waals surface area contributed by atoms with Crippen molar-refractivity contribution in [3.05, 3.63) is 54.1 Å². The molecule has 0 radical (unpaired) electrons. The molecule has 0 fully saturated rings. The van der Waals surface area contributed by atoms with Crippen molar-refractivity contribution in [2.75, 3.05) is 35.6 Å². The van der Waals surface area contributed by atoms with Crippen LogP contribution in [0.25, 0.3) is 0 Å². The molecular formula is C26H36N4O3. The van der Waals surface area contributed by atoms with Gasteiger partial charge in [0.1, 0.15) is 0 Å². The van der Waals surface area contributed by atoms with Crippen molar-refractivity contribution in [3.8, 4) is 0 Å². The Morgan fingerprint density at radius 2 is 1.39 bits per heavy atom. The lowest BCUT2D eigenvalue weighted by Crippen LogP contribution is -2.32. The Kier molecular flexibility index (Phi) is 10.4. The average Bonchev–Trinajstić information content (AvgIpc) is 2.78. The number of hydrogen-bond acceptors (Lipinski definition) is 4. The first-order chi connectivity index (χ1) is 15.8. The van der Waals surface area contributed by atoms with Gasteiger partial charge in [-0.25, -0.2) is 0 Å². The zero-order chi connectivity index (χ0) is 24.2. The molecule has 0 unspecified atom stereocenters. The molecule has 0 saturated carbocycles. The minimum Gasteiger partial charge on any atom is -0.376 e. The topological polar surface area (TPSA) is 90.5 Å². The van der Waals surface area contributed by atoms with E-state index < -0.39 is 0 Å². The largest absolute Gasteiger partial charge is 0.376 e. The lowest BCUT2D eigenvalue weighted by atomic mass is 10.1. The number of hydrogen-bond donors (Lipinski definition) is 3. The van der Waals surface area contributed by atoms with E-state index in [-0.39, 0.29) is 24.3 Å². The van der Waals surface area contributed by atoms with Crippen molar-refractivity contribution >= 4 is 34.8 Å². The van der Waals surface area contributed by atoms with Gasteiger partial charge in [-0.3, -0.25) is 14.4 Å². The number of carbonyl (C=O) groups excluding carboxylic acids is 3. The van der Waals surface area contributed by atoms with Crippen LogP contribution < -0.4 is 16.0 Å². The van der Waals surface area contributed by atoms with Crippen molar-refractivity contribution in [2.45, 2.75) is 47.0 Å². The SMILES string of the molecule is CCCN(CCC)C(=O)c1cccc(NCC(=O)Nc2ccc(NC(=O)CC(C)C)cc2)c1. The summed E-state index contributed by atoms with van der Waals surface area (Å²) in [4.78, 5) is 38.9. The highest BCUT2D eigenvalue weighted by molar-refractivity contribution is 5.96. The van der Waals surface area contributed by atoms with Crippen LogP contribution in [0.1, 0.15) is 57.3 Å². The van der Waals surface area contributed by atoms with Crippen LogP contribution in [0.3, 0.4) is 0 Å². The van der Waals surface area contributed by atoms with Gasteiger partial charge in [0.25, 0.3) is 5.91 Å². The van der Waals surface area contributed by atoms with E-state index in [9.17, 15) is 14.4 Å². The molecule has 0 bridgehead atoms. The monoisotopic (exact) mass is 452 g/mol. The predicted octanol–water partition coefficient (Wildman–Crippen LogP) is 4.98. The summed E-state index contributed by atoms with van der Waals surface area (Å²) >= 11 is 0. The molecule has 2 rings (SSSR count). The Balaban J connectivity index is 1.89. The first kappa shape index (κ1) is 25.9. The molecule has 0 aromatic heterocycles. The van der Waals surface area contributed by atoms with E-state index in [1.54, 1.807) is 36.4 Å². The maximum absolute atomic E-state index is 12.8. The molecule has 2 aromatic rings. The average molecular weight is 453 g/mol. The molecule has 7 nitrogen and oxygen atoms in total. The van der Waals surface area contributed by atoms with Gasteiger partial charge in [0.15, 0.2) is 0 Å². The highest BCUT2D eigenvalue weighted by Gasteiger charge is 2.14. The second-order valence-corrected chi connectivity index (χ2v) is 8.50. The fraction of sp³-hybridized carbons (Fsp3) is 0.423. The van der Waals surface area contributed by atoms with Crippen LogP contribution in [0.5, 0.6) is 0 Å². The van der Waals surface area contributed by atoms with Crippen molar-refractivity contribution in [3.63, 3.8) is 0 Å². The summed E-state index contributed by atoms with van der Waals surface area (Å²) in [7, 11) is 0. The van der Waals surface area contributed by atoms with Crippen molar-refractivity contribution in [1.82, 2.24) is 4.90 Å². The van der Waals surface area contributed by atoms with Crippen LogP contribution in [-0.2, 0) is 9.59 Å². The summed E-state index contributed by atoms with van der Waals surface area (Å²) in [5.74, 6) is 0.0648. The molecule has 33 heavy (non-hydrogen) atoms. The van der Waals surface area contributed by atoms with Crippen LogP contribution in [0.2, 0.25) is 0 Å². The summed E-state index contributed by atoms with van der Waals surface area (Å²) in [6.07, 6.45) is 2.29. The standard InChI is InChI=1S/C26H36N4O3/c1-5-14-30(15-6-2)26(33)20-8-7-9-23(17-20)27-18-25(32)29-22-12-10-21(11-13-22)28-24(31)16-19(3)4/h7-13,17,19,27H,5-6,14-16,18H2,1-4H3,(H,28,31)(H,29,32). The summed E-state index contributed by atoms with van der Waals surface area (Å²) in [6.45, 7) is 9.63. The van der Waals surface area contributed by atoms with Gasteiger partial charge >= 0.3 is 0 Å². The van der Waals surface area contributed by atoms with Crippen LogP contribution in [0.15, 0.2) is 48.5 Å². The highest BCUT2D eigenvalue weighted by atomic mass is 16.2. The fourth-order valence-electron chi connectivity index (χ4n) is 3.41. The van der Waals surface area contributed by atoms with E-state index in [1.807, 2.05) is 30.9 Å². The molecule has 3 amide bonds. The third-order valence-corrected chi connectivity index (χ3v) is 4.88. The Morgan fingerprint density at radius 1 is 0.818 bits per heavy atom. The van der Waals surface area contributed by atoms with Crippen molar-refractivity contribution < 1.29 is 14.4 Å². The second kappa shape index (κ2) is 13.3. The third kappa shape index (κ3) is 8.96. The van der Waals surface area contributed by atoms with E-state index >= 15 is 0 Å². The third-order valence-electron chi connectivity index (χ3n) is 4.88. The van der Waals surface area contributed by atoms with Crippen LogP contribution in [0.4, 0.5) is 17.1 Å². The maximum Gasteiger partial charge on any atom is 0.253 e. The quantitative estimate of drug-likeness (QED) is 0.423. The molecule has 0 aliphatic heterocycles. The molecular weight excluding hydrogens is 416 g/mol. The number of anilines is 3. The van der Waals surface area contributed by atoms with Gasteiger partial charge in [-0.1, -0.05) is 33.8 Å². The molecule has 2 aromatic carbocycles. The molecule has 0 saturated heterocycles. The maximum atomic E-state index is 12.8. The van der Waals surface area contributed by atoms with Gasteiger partial charge in [0, 0.05) is 42.1 Å². The first-order valence-electron chi connectivity index (χ1n) is 11.6. The van der Waals surface area contributed by atoms with E-state index in [0.717, 1.165) is 25.9 Å². The van der Waals surface area contributed by atoms with Gasteiger partial charge in [0.2, 0.25) is 11.8 Å². The number of nitrogens with one attached hydrogen (secondary N) is 3. The second-order valence-electron chi connectivity index (χ2n) is 8.50. The molecule has 0 aliphatic rings. The minimum atomic E-state index is -0.207. The summed E-state index contributed by atoms with van der Waals surface area (Å²) < 4.78 is 0. The zero-order valence-electron chi connectivity index (χ0n) is 20.1. The number of amides is 3. The number of benzene rings is 2. The molecule has 0 spiro atoms. The number of rotatable bonds is 12. The molecule has 7 heteroatoms. The Labute approximate surface area is 196 Å². The Hall–Kier alpha value is -3.35. The van der Waals surface area contributed by atoms with Gasteiger partial charge in [0.05, 0.1) is 6.54 Å². The first-order valence-corrected chi connectivity index (χ1v) is 11.6. The van der Waals surface area contributed by atoms with Crippen molar-refractivity contribution in [2.24, 2.45) is 5.92 Å². The van der Waals surface area contributed by atoms with Crippen LogP contribution >= 0.6 is 0 Å². The molecule has 0 heterocycles. The molecule has 0 atom stereocenters. The smallest absolute Gasteiger partial charge is 0.253 e. The van der Waals surface area contributed by atoms with Crippen LogP contribution in [0, 0.1) is 5.92 Å². The summed E-state index contributed by atoms with van der Waals surface area (Å²) in [5.41, 5.74) is 2.66. The van der Waals surface area contributed by atoms with Gasteiger partial charge < -0.3 is 20.9 Å². The summed E-state index contributed by atoms with van der Waals surface area (Å²) in [6, 6.07) is 14.2. The van der Waals surface area contributed by atoms with Gasteiger partial charge in [-0.05, 0) is 61.2 Å². The molecule has 0 aliphatic carbocycles. The van der Waals surface area contributed by atoms with E-state index in [4.69, 9.17) is 0 Å². The number of carbonyl (C=O) groups is 3.